The number of hydrogen-bond acceptors (Lipinski definition) is 2. The van der Waals surface area contributed by atoms with E-state index < -0.39 is 5.66 Å². The highest BCUT2D eigenvalue weighted by molar-refractivity contribution is 6.08. The average Bonchev–Trinajstić information content (AvgIpc) is 3.19. The molecule has 1 atom stereocenters. The van der Waals surface area contributed by atoms with Crippen molar-refractivity contribution < 1.29 is 4.79 Å². The zero-order chi connectivity index (χ0) is 22.1. The summed E-state index contributed by atoms with van der Waals surface area (Å²) in [5.41, 5.74) is 5.22. The molecule has 4 aromatic rings. The number of benzene rings is 3. The molecule has 0 aliphatic carbocycles. The zero-order valence-corrected chi connectivity index (χ0v) is 18.7. The molecule has 3 heterocycles. The van der Waals surface area contributed by atoms with Gasteiger partial charge >= 0.3 is 0 Å². The van der Waals surface area contributed by atoms with Crippen LogP contribution in [0.1, 0.15) is 31.4 Å². The van der Waals surface area contributed by atoms with E-state index >= 15 is 0 Å². The van der Waals surface area contributed by atoms with Crippen LogP contribution in [0, 0.1) is 0 Å². The molecular formula is C28H27N3O. The molecule has 1 unspecified atom stereocenters. The van der Waals surface area contributed by atoms with E-state index in [4.69, 9.17) is 0 Å². The third-order valence-electron chi connectivity index (χ3n) is 7.59. The predicted octanol–water partition coefficient (Wildman–Crippen LogP) is 5.36. The van der Waals surface area contributed by atoms with Crippen LogP contribution in [0.2, 0.25) is 0 Å². The fourth-order valence-corrected chi connectivity index (χ4v) is 5.82. The Morgan fingerprint density at radius 1 is 0.938 bits per heavy atom. The molecule has 0 bridgehead atoms. The summed E-state index contributed by atoms with van der Waals surface area (Å²) < 4.78 is 2.25. The van der Waals surface area contributed by atoms with E-state index in [9.17, 15) is 4.79 Å². The maximum atomic E-state index is 12.6. The van der Waals surface area contributed by atoms with Crippen molar-refractivity contribution in [1.29, 1.82) is 0 Å². The lowest BCUT2D eigenvalue weighted by Gasteiger charge is -2.49. The summed E-state index contributed by atoms with van der Waals surface area (Å²) >= 11 is 0. The van der Waals surface area contributed by atoms with E-state index in [0.29, 0.717) is 6.42 Å². The van der Waals surface area contributed by atoms with E-state index in [1.165, 1.54) is 33.1 Å². The Hall–Kier alpha value is -3.53. The molecule has 1 aromatic heterocycles. The Morgan fingerprint density at radius 3 is 2.56 bits per heavy atom. The molecule has 160 valence electrons. The molecule has 1 amide bonds. The largest absolute Gasteiger partial charge is 0.344 e. The van der Waals surface area contributed by atoms with Gasteiger partial charge < -0.3 is 14.8 Å². The minimum absolute atomic E-state index is 0.107. The van der Waals surface area contributed by atoms with Gasteiger partial charge in [0.05, 0.1) is 0 Å². The molecule has 6 rings (SSSR count). The molecule has 3 aromatic carbocycles. The van der Waals surface area contributed by atoms with E-state index in [-0.39, 0.29) is 11.3 Å². The predicted molar refractivity (Wildman–Crippen MR) is 132 cm³/mol. The first-order chi connectivity index (χ1) is 15.4. The highest BCUT2D eigenvalue weighted by Crippen LogP contribution is 2.52. The van der Waals surface area contributed by atoms with Gasteiger partial charge in [0, 0.05) is 52.9 Å². The van der Waals surface area contributed by atoms with Crippen molar-refractivity contribution in [3.05, 3.63) is 83.9 Å². The number of carbonyl (C=O) groups excluding carboxylic acids is 1. The molecule has 0 spiro atoms. The summed E-state index contributed by atoms with van der Waals surface area (Å²) in [7, 11) is 2.12. The third-order valence-corrected chi connectivity index (χ3v) is 7.59. The lowest BCUT2D eigenvalue weighted by Crippen LogP contribution is -2.68. The summed E-state index contributed by atoms with van der Waals surface area (Å²) in [4.78, 5) is 15.0. The Kier molecular flexibility index (Phi) is 3.89. The second kappa shape index (κ2) is 6.49. The van der Waals surface area contributed by atoms with Crippen LogP contribution in [0.15, 0.2) is 72.8 Å². The minimum Gasteiger partial charge on any atom is -0.344 e. The van der Waals surface area contributed by atoms with Crippen LogP contribution in [0.3, 0.4) is 0 Å². The van der Waals surface area contributed by atoms with E-state index in [1.807, 2.05) is 0 Å². The maximum absolute atomic E-state index is 12.6. The van der Waals surface area contributed by atoms with Gasteiger partial charge in [-0.05, 0) is 35.4 Å². The van der Waals surface area contributed by atoms with Gasteiger partial charge in [-0.2, -0.15) is 0 Å². The second-order valence-electron chi connectivity index (χ2n) is 9.54. The van der Waals surface area contributed by atoms with Crippen molar-refractivity contribution in [3.8, 4) is 0 Å². The fraction of sp³-hybridized carbons (Fsp3) is 0.250. The molecule has 1 N–H and O–H groups in total. The first-order valence-corrected chi connectivity index (χ1v) is 11.3. The molecule has 0 radical (unpaired) electrons. The lowest BCUT2D eigenvalue weighted by atomic mass is 9.74. The normalized spacial score (nSPS) is 21.8. The number of amides is 1. The standard InChI is InChI=1S/C28H27N3O/c1-27(2)22-9-5-7-11-24(22)31-17-15-26(32)29-28(27,31)16-14-19-12-13-21-20-8-4-6-10-23(20)30(3)25(21)18-19/h4-14,16,18H,15,17H2,1-3H3,(H,29,32). The number of para-hydroxylation sites is 2. The smallest absolute Gasteiger partial charge is 0.223 e. The van der Waals surface area contributed by atoms with Crippen molar-refractivity contribution in [3.63, 3.8) is 0 Å². The van der Waals surface area contributed by atoms with E-state index in [1.54, 1.807) is 0 Å². The number of carbonyl (C=O) groups is 1. The lowest BCUT2D eigenvalue weighted by molar-refractivity contribution is -0.124. The van der Waals surface area contributed by atoms with Gasteiger partial charge in [-0.3, -0.25) is 4.79 Å². The number of fused-ring (bicyclic) bond motifs is 6. The summed E-state index contributed by atoms with van der Waals surface area (Å²) in [5, 5.41) is 5.90. The number of anilines is 1. The summed E-state index contributed by atoms with van der Waals surface area (Å²) in [5.74, 6) is 0.107. The van der Waals surface area contributed by atoms with Crippen molar-refractivity contribution in [2.45, 2.75) is 31.3 Å². The molecule has 1 saturated heterocycles. The minimum atomic E-state index is -0.583. The van der Waals surface area contributed by atoms with Gasteiger partial charge in [0.15, 0.2) is 0 Å². The SMILES string of the molecule is Cn1c2ccccc2c2ccc(C=CC34NC(=O)CCN3c3ccccc3C4(C)C)cc21. The summed E-state index contributed by atoms with van der Waals surface area (Å²) in [6, 6.07) is 23.7. The van der Waals surface area contributed by atoms with Crippen LogP contribution in [0.5, 0.6) is 0 Å². The first kappa shape index (κ1) is 19.2. The van der Waals surface area contributed by atoms with Gasteiger partial charge in [0.1, 0.15) is 5.66 Å². The van der Waals surface area contributed by atoms with Crippen LogP contribution >= 0.6 is 0 Å². The quantitative estimate of drug-likeness (QED) is 0.473. The molecule has 4 heteroatoms. The first-order valence-electron chi connectivity index (χ1n) is 11.3. The molecule has 1 fully saturated rings. The Bertz CT molecular complexity index is 1430. The molecule has 2 aliphatic heterocycles. The van der Waals surface area contributed by atoms with Crippen LogP contribution < -0.4 is 10.2 Å². The molecule has 2 aliphatic rings. The molecular weight excluding hydrogens is 394 g/mol. The second-order valence-corrected chi connectivity index (χ2v) is 9.54. The van der Waals surface area contributed by atoms with Crippen LogP contribution in [0.4, 0.5) is 5.69 Å². The summed E-state index contributed by atoms with van der Waals surface area (Å²) in [6.07, 6.45) is 4.89. The molecule has 0 saturated carbocycles. The van der Waals surface area contributed by atoms with E-state index in [0.717, 1.165) is 12.1 Å². The average molecular weight is 422 g/mol. The zero-order valence-electron chi connectivity index (χ0n) is 18.7. The van der Waals surface area contributed by atoms with E-state index in [2.05, 4.69) is 115 Å². The van der Waals surface area contributed by atoms with Gasteiger partial charge in [0.2, 0.25) is 5.91 Å². The monoisotopic (exact) mass is 421 g/mol. The van der Waals surface area contributed by atoms with Crippen molar-refractivity contribution in [2.75, 3.05) is 11.4 Å². The number of hydrogen-bond donors (Lipinski definition) is 1. The number of aryl methyl sites for hydroxylation is 1. The van der Waals surface area contributed by atoms with Gasteiger partial charge in [-0.25, -0.2) is 0 Å². The molecule has 32 heavy (non-hydrogen) atoms. The van der Waals surface area contributed by atoms with Crippen LogP contribution in [-0.4, -0.2) is 22.7 Å². The third kappa shape index (κ3) is 2.41. The van der Waals surface area contributed by atoms with Crippen LogP contribution in [0.25, 0.3) is 27.9 Å². The maximum Gasteiger partial charge on any atom is 0.223 e. The highest BCUT2D eigenvalue weighted by Gasteiger charge is 2.57. The van der Waals surface area contributed by atoms with Gasteiger partial charge in [-0.1, -0.05) is 68.5 Å². The summed E-state index contributed by atoms with van der Waals surface area (Å²) in [6.45, 7) is 5.18. The van der Waals surface area contributed by atoms with Crippen molar-refractivity contribution in [1.82, 2.24) is 9.88 Å². The number of nitrogens with one attached hydrogen (secondary N) is 1. The Morgan fingerprint density at radius 2 is 1.69 bits per heavy atom. The number of rotatable bonds is 2. The number of nitrogens with zero attached hydrogens (tertiary/aromatic N) is 2. The van der Waals surface area contributed by atoms with Crippen molar-refractivity contribution in [2.24, 2.45) is 7.05 Å². The van der Waals surface area contributed by atoms with Crippen molar-refractivity contribution >= 4 is 39.5 Å². The van der Waals surface area contributed by atoms with Crippen LogP contribution in [-0.2, 0) is 17.3 Å². The fourth-order valence-electron chi connectivity index (χ4n) is 5.82. The topological polar surface area (TPSA) is 37.3 Å². The Balaban J connectivity index is 1.48. The van der Waals surface area contributed by atoms with Gasteiger partial charge in [-0.15, -0.1) is 0 Å². The van der Waals surface area contributed by atoms with Gasteiger partial charge in [0.25, 0.3) is 0 Å². The highest BCUT2D eigenvalue weighted by atomic mass is 16.2. The molecule has 4 nitrogen and oxygen atoms in total. The Labute approximate surface area is 188 Å². The number of aromatic nitrogens is 1.